The van der Waals surface area contributed by atoms with E-state index in [0.717, 1.165) is 6.26 Å². The third-order valence-electron chi connectivity index (χ3n) is 3.26. The highest BCUT2D eigenvalue weighted by atomic mass is 35.5. The molecule has 2 aromatic rings. The molecule has 2 aromatic carbocycles. The summed E-state index contributed by atoms with van der Waals surface area (Å²) >= 11 is 5.77. The Morgan fingerprint density at radius 2 is 1.75 bits per heavy atom. The number of halogens is 1. The van der Waals surface area contributed by atoms with Gasteiger partial charge in [-0.1, -0.05) is 17.7 Å². The van der Waals surface area contributed by atoms with E-state index < -0.39 is 15.8 Å². The van der Waals surface area contributed by atoms with Gasteiger partial charge in [0.1, 0.15) is 19.0 Å². The second kappa shape index (κ2) is 7.68. The van der Waals surface area contributed by atoms with Crippen molar-refractivity contribution in [3.8, 4) is 5.75 Å². The molecule has 0 aliphatic rings. The number of carbonyl (C=O) groups excluding carboxylic acids is 1. The molecule has 0 aliphatic carbocycles. The summed E-state index contributed by atoms with van der Waals surface area (Å²) in [4.78, 5) is 12.2. The SMILES string of the molecule is Cc1ccc(S(C)(=O)=O)cc1C(=O)OCCOc1ccc(Cl)cc1. The largest absolute Gasteiger partial charge is 0.490 e. The number of esters is 1. The van der Waals surface area contributed by atoms with Crippen molar-refractivity contribution >= 4 is 27.4 Å². The van der Waals surface area contributed by atoms with Gasteiger partial charge in [0.05, 0.1) is 10.5 Å². The molecule has 0 saturated heterocycles. The van der Waals surface area contributed by atoms with Gasteiger partial charge >= 0.3 is 5.97 Å². The molecular weight excluding hydrogens is 352 g/mol. The van der Waals surface area contributed by atoms with Gasteiger partial charge in [-0.25, -0.2) is 13.2 Å². The fourth-order valence-corrected chi connectivity index (χ4v) is 2.73. The fourth-order valence-electron chi connectivity index (χ4n) is 1.95. The zero-order valence-electron chi connectivity index (χ0n) is 13.3. The number of aryl methyl sites for hydroxylation is 1. The van der Waals surface area contributed by atoms with Crippen LogP contribution in [0.25, 0.3) is 0 Å². The van der Waals surface area contributed by atoms with Crippen LogP contribution in [0.2, 0.25) is 5.02 Å². The van der Waals surface area contributed by atoms with Crippen molar-refractivity contribution in [2.24, 2.45) is 0 Å². The highest BCUT2D eigenvalue weighted by Crippen LogP contribution is 2.17. The summed E-state index contributed by atoms with van der Waals surface area (Å²) in [6.07, 6.45) is 1.09. The lowest BCUT2D eigenvalue weighted by molar-refractivity contribution is 0.0449. The van der Waals surface area contributed by atoms with Crippen molar-refractivity contribution in [2.45, 2.75) is 11.8 Å². The molecule has 0 saturated carbocycles. The molecule has 0 fully saturated rings. The lowest BCUT2D eigenvalue weighted by atomic mass is 10.1. The Balaban J connectivity index is 1.94. The molecule has 0 radical (unpaired) electrons. The average Bonchev–Trinajstić information content (AvgIpc) is 2.52. The van der Waals surface area contributed by atoms with Gasteiger partial charge in [0, 0.05) is 11.3 Å². The Hall–Kier alpha value is -2.05. The van der Waals surface area contributed by atoms with Crippen molar-refractivity contribution in [1.82, 2.24) is 0 Å². The number of rotatable bonds is 6. The molecule has 0 heterocycles. The van der Waals surface area contributed by atoms with E-state index in [2.05, 4.69) is 0 Å². The molecule has 0 atom stereocenters. The van der Waals surface area contributed by atoms with Gasteiger partial charge < -0.3 is 9.47 Å². The Morgan fingerprint density at radius 1 is 1.08 bits per heavy atom. The minimum Gasteiger partial charge on any atom is -0.490 e. The number of benzene rings is 2. The minimum absolute atomic E-state index is 0.0456. The maximum atomic E-state index is 12.1. The first kappa shape index (κ1) is 18.3. The summed E-state index contributed by atoms with van der Waals surface area (Å²) in [5.74, 6) is 0.0309. The maximum absolute atomic E-state index is 12.1. The molecule has 0 aliphatic heterocycles. The van der Waals surface area contributed by atoms with E-state index in [9.17, 15) is 13.2 Å². The fraction of sp³-hybridized carbons (Fsp3) is 0.235. The summed E-state index contributed by atoms with van der Waals surface area (Å²) in [5.41, 5.74) is 0.871. The topological polar surface area (TPSA) is 69.7 Å². The molecule has 0 N–H and O–H groups in total. The molecule has 7 heteroatoms. The van der Waals surface area contributed by atoms with Gasteiger partial charge in [-0.2, -0.15) is 0 Å². The summed E-state index contributed by atoms with van der Waals surface area (Å²) in [6, 6.07) is 11.2. The van der Waals surface area contributed by atoms with Crippen LogP contribution in [-0.4, -0.2) is 33.9 Å². The van der Waals surface area contributed by atoms with Crippen LogP contribution in [0, 0.1) is 6.92 Å². The van der Waals surface area contributed by atoms with Gasteiger partial charge in [0.2, 0.25) is 0 Å². The molecule has 0 spiro atoms. The Kier molecular flexibility index (Phi) is 5.85. The number of ether oxygens (including phenoxy) is 2. The van der Waals surface area contributed by atoms with Crippen molar-refractivity contribution in [2.75, 3.05) is 19.5 Å². The van der Waals surface area contributed by atoms with Gasteiger partial charge in [0.15, 0.2) is 9.84 Å². The lowest BCUT2D eigenvalue weighted by Gasteiger charge is -2.10. The van der Waals surface area contributed by atoms with Gasteiger partial charge in [-0.3, -0.25) is 0 Å². The third-order valence-corrected chi connectivity index (χ3v) is 4.62. The zero-order valence-corrected chi connectivity index (χ0v) is 14.9. The number of carbonyl (C=O) groups is 1. The van der Waals surface area contributed by atoms with Crippen molar-refractivity contribution in [1.29, 1.82) is 0 Å². The van der Waals surface area contributed by atoms with Gasteiger partial charge in [-0.05, 0) is 48.9 Å². The van der Waals surface area contributed by atoms with Crippen LogP contribution in [0.15, 0.2) is 47.4 Å². The number of sulfone groups is 1. The second-order valence-corrected chi connectivity index (χ2v) is 7.64. The molecule has 0 amide bonds. The molecule has 5 nitrogen and oxygen atoms in total. The van der Waals surface area contributed by atoms with Crippen molar-refractivity contribution < 1.29 is 22.7 Å². The summed E-state index contributed by atoms with van der Waals surface area (Å²) < 4.78 is 33.7. The Labute approximate surface area is 146 Å². The quantitative estimate of drug-likeness (QED) is 0.578. The first-order chi connectivity index (χ1) is 11.3. The smallest absolute Gasteiger partial charge is 0.338 e. The van der Waals surface area contributed by atoms with E-state index in [1.54, 1.807) is 37.3 Å². The van der Waals surface area contributed by atoms with E-state index in [4.69, 9.17) is 21.1 Å². The van der Waals surface area contributed by atoms with Crippen LogP contribution < -0.4 is 4.74 Å². The standard InChI is InChI=1S/C17H17ClO5S/c1-12-3-8-15(24(2,20)21)11-16(12)17(19)23-10-9-22-14-6-4-13(18)5-7-14/h3-8,11H,9-10H2,1-2H3. The molecule has 0 aromatic heterocycles. The molecule has 0 unspecified atom stereocenters. The van der Waals surface area contributed by atoms with Crippen LogP contribution in [-0.2, 0) is 14.6 Å². The number of hydrogen-bond donors (Lipinski definition) is 0. The van der Waals surface area contributed by atoms with Crippen molar-refractivity contribution in [3.63, 3.8) is 0 Å². The van der Waals surface area contributed by atoms with Crippen LogP contribution in [0.5, 0.6) is 5.75 Å². The van der Waals surface area contributed by atoms with E-state index >= 15 is 0 Å². The van der Waals surface area contributed by atoms with Crippen LogP contribution in [0.4, 0.5) is 0 Å². The van der Waals surface area contributed by atoms with Gasteiger partial charge in [-0.15, -0.1) is 0 Å². The normalized spacial score (nSPS) is 11.1. The highest BCUT2D eigenvalue weighted by molar-refractivity contribution is 7.90. The molecule has 128 valence electrons. The Morgan fingerprint density at radius 3 is 2.38 bits per heavy atom. The monoisotopic (exact) mass is 368 g/mol. The van der Waals surface area contributed by atoms with E-state index in [1.165, 1.54) is 12.1 Å². The lowest BCUT2D eigenvalue weighted by Crippen LogP contribution is -2.14. The van der Waals surface area contributed by atoms with Crippen LogP contribution in [0.3, 0.4) is 0 Å². The van der Waals surface area contributed by atoms with Crippen molar-refractivity contribution in [3.05, 3.63) is 58.6 Å². The van der Waals surface area contributed by atoms with E-state index in [1.807, 2.05) is 0 Å². The van der Waals surface area contributed by atoms with Gasteiger partial charge in [0.25, 0.3) is 0 Å². The minimum atomic E-state index is -3.38. The first-order valence-corrected chi connectivity index (χ1v) is 9.40. The van der Waals surface area contributed by atoms with E-state index in [-0.39, 0.29) is 23.7 Å². The molecule has 24 heavy (non-hydrogen) atoms. The predicted molar refractivity (Wildman–Crippen MR) is 91.5 cm³/mol. The summed E-state index contributed by atoms with van der Waals surface area (Å²) in [6.45, 7) is 1.94. The number of hydrogen-bond acceptors (Lipinski definition) is 5. The van der Waals surface area contributed by atoms with E-state index in [0.29, 0.717) is 16.3 Å². The summed E-state index contributed by atoms with van der Waals surface area (Å²) in [5, 5.41) is 0.606. The molecule has 0 bridgehead atoms. The third kappa shape index (κ3) is 4.97. The van der Waals surface area contributed by atoms with Crippen LogP contribution >= 0.6 is 11.6 Å². The molecule has 2 rings (SSSR count). The highest BCUT2D eigenvalue weighted by Gasteiger charge is 2.15. The molecular formula is C17H17ClO5S. The Bertz CT molecular complexity index is 829. The predicted octanol–water partition coefficient (Wildman–Crippen LogP) is 3.29. The second-order valence-electron chi connectivity index (χ2n) is 5.19. The average molecular weight is 369 g/mol. The maximum Gasteiger partial charge on any atom is 0.338 e. The first-order valence-electron chi connectivity index (χ1n) is 7.13. The summed E-state index contributed by atoms with van der Waals surface area (Å²) in [7, 11) is -3.38. The van der Waals surface area contributed by atoms with Crippen LogP contribution in [0.1, 0.15) is 15.9 Å². The zero-order chi connectivity index (χ0) is 17.7.